The molecule has 4 heteroatoms. The van der Waals surface area contributed by atoms with Crippen LogP contribution in [-0.2, 0) is 4.79 Å². The third-order valence-electron chi connectivity index (χ3n) is 0.233. The molecule has 7 heavy (non-hydrogen) atoms. The minimum absolute atomic E-state index is 0.0972. The monoisotopic (exact) mass is 184 g/mol. The Bertz CT molecular complexity index is 106. The fraction of sp³-hybridized carbons (Fsp3) is 0. The van der Waals surface area contributed by atoms with Gasteiger partial charge in [0.15, 0.2) is 0 Å². The third kappa shape index (κ3) is 5.98. The average molecular weight is 185 g/mol. The quantitative estimate of drug-likeness (QED) is 0.629. The maximum atomic E-state index is 9.62. The predicted octanol–water partition coefficient (Wildman–Crippen LogP) is 1.55. The molecule has 0 unspecified atom stereocenters. The predicted molar refractivity (Wildman–Crippen MR) is 30.5 cm³/mol. The van der Waals surface area contributed by atoms with Gasteiger partial charge in [0.2, 0.25) is 0 Å². The van der Waals surface area contributed by atoms with E-state index in [-0.39, 0.29) is 3.94 Å². The van der Waals surface area contributed by atoms with E-state index in [1.807, 2.05) is 0 Å². The summed E-state index contributed by atoms with van der Waals surface area (Å²) in [5.41, 5.74) is 0. The molecule has 40 valence electrons. The molecular weight excluding hydrogens is 183 g/mol. The Hall–Kier alpha value is -0.0200. The van der Waals surface area contributed by atoms with Crippen molar-refractivity contribution in [2.45, 2.75) is 0 Å². The van der Waals surface area contributed by atoms with Crippen molar-refractivity contribution in [3.8, 4) is 0 Å². The van der Waals surface area contributed by atoms with E-state index in [4.69, 9.17) is 16.7 Å². The van der Waals surface area contributed by atoms with E-state index >= 15 is 0 Å². The van der Waals surface area contributed by atoms with Crippen LogP contribution in [0.25, 0.3) is 0 Å². The SMILES string of the molecule is O=C(O)C=C(Cl)Br. The van der Waals surface area contributed by atoms with Crippen LogP contribution in [-0.4, -0.2) is 11.1 Å². The molecular formula is C3H2BrClO2. The van der Waals surface area contributed by atoms with Crippen molar-refractivity contribution in [1.29, 1.82) is 0 Å². The van der Waals surface area contributed by atoms with Crippen molar-refractivity contribution < 1.29 is 9.90 Å². The highest BCUT2D eigenvalue weighted by Gasteiger charge is 1.87. The van der Waals surface area contributed by atoms with Gasteiger partial charge in [-0.1, -0.05) is 11.6 Å². The highest BCUT2D eigenvalue weighted by Crippen LogP contribution is 2.07. The van der Waals surface area contributed by atoms with Crippen LogP contribution in [0.1, 0.15) is 0 Å². The Morgan fingerprint density at radius 1 is 1.86 bits per heavy atom. The second-order valence-corrected chi connectivity index (χ2v) is 2.49. The van der Waals surface area contributed by atoms with Crippen molar-refractivity contribution in [3.05, 3.63) is 10.0 Å². The summed E-state index contributed by atoms with van der Waals surface area (Å²) in [5, 5.41) is 7.89. The van der Waals surface area contributed by atoms with E-state index in [2.05, 4.69) is 15.9 Å². The molecule has 0 saturated carbocycles. The zero-order valence-corrected chi connectivity index (χ0v) is 5.53. The smallest absolute Gasteiger partial charge is 0.330 e. The van der Waals surface area contributed by atoms with E-state index < -0.39 is 5.97 Å². The summed E-state index contributed by atoms with van der Waals surface area (Å²) in [6.45, 7) is 0. The van der Waals surface area contributed by atoms with Gasteiger partial charge in [-0.05, 0) is 15.9 Å². The largest absolute Gasteiger partial charge is 0.478 e. The summed E-state index contributed by atoms with van der Waals surface area (Å²) in [6, 6.07) is 0. The number of aliphatic carboxylic acids is 1. The molecule has 0 bridgehead atoms. The third-order valence-corrected chi connectivity index (χ3v) is 0.571. The Labute approximate surface area is 53.9 Å². The summed E-state index contributed by atoms with van der Waals surface area (Å²) in [4.78, 5) is 9.62. The van der Waals surface area contributed by atoms with Crippen LogP contribution in [0, 0.1) is 0 Å². The number of carboxylic acids is 1. The minimum atomic E-state index is -1.05. The van der Waals surface area contributed by atoms with Crippen LogP contribution in [0.5, 0.6) is 0 Å². The highest BCUT2D eigenvalue weighted by molar-refractivity contribution is 9.12. The summed E-state index contributed by atoms with van der Waals surface area (Å²) >= 11 is 7.79. The van der Waals surface area contributed by atoms with Crippen LogP contribution in [0.3, 0.4) is 0 Å². The van der Waals surface area contributed by atoms with Crippen LogP contribution >= 0.6 is 27.5 Å². The summed E-state index contributed by atoms with van der Waals surface area (Å²) in [5.74, 6) is -1.05. The van der Waals surface area contributed by atoms with E-state index in [1.54, 1.807) is 0 Å². The number of carboxylic acid groups (broad SMARTS) is 1. The lowest BCUT2D eigenvalue weighted by molar-refractivity contribution is -0.131. The van der Waals surface area contributed by atoms with Gasteiger partial charge in [-0.2, -0.15) is 0 Å². The van der Waals surface area contributed by atoms with Gasteiger partial charge in [-0.25, -0.2) is 4.79 Å². The molecule has 0 radical (unpaired) electrons. The molecule has 0 aliphatic rings. The molecule has 0 saturated heterocycles. The highest BCUT2D eigenvalue weighted by atomic mass is 79.9. The first kappa shape index (κ1) is 6.98. The van der Waals surface area contributed by atoms with E-state index in [0.29, 0.717) is 0 Å². The van der Waals surface area contributed by atoms with Crippen LogP contribution in [0.2, 0.25) is 0 Å². The number of halogens is 2. The van der Waals surface area contributed by atoms with Gasteiger partial charge < -0.3 is 5.11 Å². The van der Waals surface area contributed by atoms with Crippen LogP contribution in [0.4, 0.5) is 0 Å². The molecule has 0 aromatic heterocycles. The van der Waals surface area contributed by atoms with Gasteiger partial charge in [0.25, 0.3) is 0 Å². The fourth-order valence-corrected chi connectivity index (χ4v) is 0.383. The van der Waals surface area contributed by atoms with Gasteiger partial charge >= 0.3 is 5.97 Å². The topological polar surface area (TPSA) is 37.3 Å². The molecule has 1 N–H and O–H groups in total. The molecule has 0 aliphatic carbocycles. The zero-order valence-electron chi connectivity index (χ0n) is 3.19. The molecule has 0 spiro atoms. The Morgan fingerprint density at radius 3 is 2.29 bits per heavy atom. The molecule has 0 aromatic rings. The van der Waals surface area contributed by atoms with Gasteiger partial charge in [0.1, 0.15) is 0 Å². The molecule has 0 aromatic carbocycles. The van der Waals surface area contributed by atoms with Gasteiger partial charge in [0, 0.05) is 6.08 Å². The number of rotatable bonds is 1. The maximum absolute atomic E-state index is 9.62. The standard InChI is InChI=1S/C3H2BrClO2/c4-2(5)1-3(6)7/h1H,(H,6,7). The lowest BCUT2D eigenvalue weighted by Gasteiger charge is -1.75. The Morgan fingerprint density at radius 2 is 2.29 bits per heavy atom. The Balaban J connectivity index is 3.68. The molecule has 0 aliphatic heterocycles. The first-order valence-corrected chi connectivity index (χ1v) is 2.55. The first-order valence-electron chi connectivity index (χ1n) is 1.38. The fourth-order valence-electron chi connectivity index (χ4n) is 0.0933. The zero-order chi connectivity index (χ0) is 5.86. The van der Waals surface area contributed by atoms with Crippen LogP contribution < -0.4 is 0 Å². The molecule has 0 amide bonds. The lowest BCUT2D eigenvalue weighted by atomic mass is 10.7. The van der Waals surface area contributed by atoms with Gasteiger partial charge in [-0.3, -0.25) is 0 Å². The van der Waals surface area contributed by atoms with Crippen molar-refractivity contribution in [2.24, 2.45) is 0 Å². The molecule has 0 heterocycles. The molecule has 0 fully saturated rings. The van der Waals surface area contributed by atoms with E-state index in [0.717, 1.165) is 6.08 Å². The van der Waals surface area contributed by atoms with Crippen molar-refractivity contribution in [3.63, 3.8) is 0 Å². The van der Waals surface area contributed by atoms with Gasteiger partial charge in [0.05, 0.1) is 3.94 Å². The van der Waals surface area contributed by atoms with Crippen molar-refractivity contribution in [1.82, 2.24) is 0 Å². The summed E-state index contributed by atoms with van der Waals surface area (Å²) in [6.07, 6.45) is 0.849. The second kappa shape index (κ2) is 3.04. The van der Waals surface area contributed by atoms with Gasteiger partial charge in [-0.15, -0.1) is 0 Å². The van der Waals surface area contributed by atoms with Crippen molar-refractivity contribution in [2.75, 3.05) is 0 Å². The minimum Gasteiger partial charge on any atom is -0.478 e. The molecule has 2 nitrogen and oxygen atoms in total. The normalized spacial score (nSPS) is 11.4. The Kier molecular flexibility index (Phi) is 3.04. The average Bonchev–Trinajstić information content (AvgIpc) is 1.27. The molecule has 0 atom stereocenters. The summed E-state index contributed by atoms with van der Waals surface area (Å²) < 4.78 is 0.0972. The summed E-state index contributed by atoms with van der Waals surface area (Å²) in [7, 11) is 0. The molecule has 0 rings (SSSR count). The first-order chi connectivity index (χ1) is 3.13. The second-order valence-electron chi connectivity index (χ2n) is 0.772. The number of hydrogen-bond donors (Lipinski definition) is 1. The van der Waals surface area contributed by atoms with Crippen molar-refractivity contribution >= 4 is 33.5 Å². The van der Waals surface area contributed by atoms with E-state index in [9.17, 15) is 4.79 Å². The number of carbonyl (C=O) groups is 1. The van der Waals surface area contributed by atoms with E-state index in [1.165, 1.54) is 0 Å². The lowest BCUT2D eigenvalue weighted by Crippen LogP contribution is -1.84. The van der Waals surface area contributed by atoms with Crippen LogP contribution in [0.15, 0.2) is 10.0 Å². The maximum Gasteiger partial charge on any atom is 0.330 e. The number of hydrogen-bond acceptors (Lipinski definition) is 1.